The van der Waals surface area contributed by atoms with Gasteiger partial charge in [-0.1, -0.05) is 6.92 Å². The maximum atomic E-state index is 13.2. The van der Waals surface area contributed by atoms with Crippen LogP contribution in [0, 0.1) is 11.8 Å². The molecule has 0 bridgehead atoms. The Morgan fingerprint density at radius 3 is 2.23 bits per heavy atom. The number of nitrogens with one attached hydrogen (secondary N) is 1. The average molecular weight is 553 g/mol. The molecule has 0 aromatic heterocycles. The summed E-state index contributed by atoms with van der Waals surface area (Å²) in [6, 6.07) is 8.71. The third kappa shape index (κ3) is 4.79. The second kappa shape index (κ2) is 11.9. The van der Waals surface area contributed by atoms with Crippen molar-refractivity contribution in [2.45, 2.75) is 57.5 Å². The van der Waals surface area contributed by atoms with E-state index in [2.05, 4.69) is 41.4 Å². The van der Waals surface area contributed by atoms with Crippen LogP contribution in [0.2, 0.25) is 0 Å². The first-order valence-corrected chi connectivity index (χ1v) is 14.6. The van der Waals surface area contributed by atoms with Gasteiger partial charge in [-0.3, -0.25) is 9.69 Å². The Hall–Kier alpha value is -2.97. The molecule has 1 N–H and O–H groups in total. The summed E-state index contributed by atoms with van der Waals surface area (Å²) in [5.74, 6) is 2.85. The molecular weight excluding hydrogens is 508 g/mol. The van der Waals surface area contributed by atoms with Crippen LogP contribution in [0.1, 0.15) is 61.4 Å². The highest BCUT2D eigenvalue weighted by molar-refractivity contribution is 5.73. The number of fused-ring (bicyclic) bond motifs is 3. The lowest BCUT2D eigenvalue weighted by Crippen LogP contribution is -2.59. The van der Waals surface area contributed by atoms with Gasteiger partial charge in [0.25, 0.3) is 0 Å². The van der Waals surface area contributed by atoms with E-state index in [0.717, 1.165) is 74.7 Å². The molecule has 8 heteroatoms. The lowest BCUT2D eigenvalue weighted by Gasteiger charge is -2.55. The molecule has 0 saturated heterocycles. The maximum Gasteiger partial charge on any atom is 0.308 e. The van der Waals surface area contributed by atoms with Crippen LogP contribution in [0.5, 0.6) is 23.0 Å². The fourth-order valence-electron chi connectivity index (χ4n) is 7.55. The van der Waals surface area contributed by atoms with Crippen LogP contribution in [0.4, 0.5) is 0 Å². The Labute approximate surface area is 238 Å². The third-order valence-electron chi connectivity index (χ3n) is 9.42. The van der Waals surface area contributed by atoms with Gasteiger partial charge < -0.3 is 29.0 Å². The van der Waals surface area contributed by atoms with E-state index in [0.29, 0.717) is 6.61 Å². The Morgan fingerprint density at radius 2 is 1.57 bits per heavy atom. The van der Waals surface area contributed by atoms with E-state index in [1.807, 2.05) is 6.92 Å². The van der Waals surface area contributed by atoms with Crippen molar-refractivity contribution < 1.29 is 28.5 Å². The fourth-order valence-corrected chi connectivity index (χ4v) is 7.55. The molecule has 5 rings (SSSR count). The zero-order valence-electron chi connectivity index (χ0n) is 24.8. The molecule has 2 heterocycles. The minimum Gasteiger partial charge on any atom is -0.493 e. The van der Waals surface area contributed by atoms with Crippen LogP contribution in [-0.4, -0.2) is 65.5 Å². The summed E-state index contributed by atoms with van der Waals surface area (Å²) in [6.07, 6.45) is 4.19. The minimum absolute atomic E-state index is 0.0809. The minimum atomic E-state index is -0.337. The third-order valence-corrected chi connectivity index (χ3v) is 9.42. The van der Waals surface area contributed by atoms with Crippen molar-refractivity contribution in [1.29, 1.82) is 0 Å². The van der Waals surface area contributed by atoms with Gasteiger partial charge in [0.05, 0.1) is 41.0 Å². The highest BCUT2D eigenvalue weighted by Gasteiger charge is 2.53. The summed E-state index contributed by atoms with van der Waals surface area (Å²) in [5.41, 5.74) is 4.74. The topological polar surface area (TPSA) is 78.5 Å². The Bertz CT molecular complexity index is 1230. The summed E-state index contributed by atoms with van der Waals surface area (Å²) in [4.78, 5) is 15.8. The number of nitrogens with zero attached hydrogens (tertiary/aromatic N) is 1. The van der Waals surface area contributed by atoms with E-state index in [1.54, 1.807) is 28.4 Å². The van der Waals surface area contributed by atoms with Gasteiger partial charge >= 0.3 is 5.97 Å². The van der Waals surface area contributed by atoms with Gasteiger partial charge in [0.15, 0.2) is 23.0 Å². The molecule has 4 atom stereocenters. The number of rotatable bonds is 8. The zero-order chi connectivity index (χ0) is 28.4. The first-order valence-electron chi connectivity index (χ1n) is 14.6. The molecule has 1 aliphatic carbocycles. The molecule has 2 aromatic carbocycles. The van der Waals surface area contributed by atoms with Gasteiger partial charge in [0.1, 0.15) is 0 Å². The van der Waals surface area contributed by atoms with Gasteiger partial charge in [0.2, 0.25) is 0 Å². The van der Waals surface area contributed by atoms with Crippen molar-refractivity contribution in [3.8, 4) is 23.0 Å². The predicted octanol–water partition coefficient (Wildman–Crippen LogP) is 4.66. The molecule has 40 heavy (non-hydrogen) atoms. The summed E-state index contributed by atoms with van der Waals surface area (Å²) in [5, 5.41) is 4.01. The Balaban J connectivity index is 1.70. The van der Waals surface area contributed by atoms with Crippen LogP contribution in [-0.2, 0) is 27.9 Å². The van der Waals surface area contributed by atoms with Crippen LogP contribution in [0.25, 0.3) is 0 Å². The largest absolute Gasteiger partial charge is 0.493 e. The lowest BCUT2D eigenvalue weighted by molar-refractivity contribution is -0.151. The van der Waals surface area contributed by atoms with Crippen molar-refractivity contribution in [1.82, 2.24) is 10.2 Å². The van der Waals surface area contributed by atoms with Crippen LogP contribution in [0.3, 0.4) is 0 Å². The van der Waals surface area contributed by atoms with Crippen LogP contribution < -0.4 is 24.3 Å². The molecule has 1 spiro atoms. The van der Waals surface area contributed by atoms with Crippen LogP contribution >= 0.6 is 0 Å². The number of esters is 1. The summed E-state index contributed by atoms with van der Waals surface area (Å²) < 4.78 is 28.5. The van der Waals surface area contributed by atoms with Gasteiger partial charge in [-0.25, -0.2) is 0 Å². The number of likely N-dealkylation sites (N-methyl/N-ethyl adjacent to an activating group) is 1. The molecule has 0 amide bonds. The molecule has 0 radical (unpaired) electrons. The number of hydrogen-bond donors (Lipinski definition) is 1. The standard InChI is InChI=1S/C32H44N2O6/c1-7-34-14-11-20-16-26(36-3)28(38-5)18-23(20)30(34)25-15-22(31(35)40-8-2)9-12-32(25)24-19-29(39-6)27(37-4)17-21(24)10-13-33-32/h16-19,22,25,30,33H,7-15H2,1-6H3. The van der Waals surface area contributed by atoms with E-state index in [-0.39, 0.29) is 29.4 Å². The molecule has 2 aromatic rings. The second-order valence-electron chi connectivity index (χ2n) is 11.1. The quantitative estimate of drug-likeness (QED) is 0.474. The molecule has 4 unspecified atom stereocenters. The Kier molecular flexibility index (Phi) is 8.47. The average Bonchev–Trinajstić information content (AvgIpc) is 2.99. The number of hydrogen-bond acceptors (Lipinski definition) is 8. The molecular formula is C32H44N2O6. The number of benzene rings is 2. The lowest BCUT2D eigenvalue weighted by atomic mass is 9.59. The molecule has 3 aliphatic rings. The van der Waals surface area contributed by atoms with E-state index >= 15 is 0 Å². The second-order valence-corrected chi connectivity index (χ2v) is 11.1. The van der Waals surface area contributed by atoms with Crippen molar-refractivity contribution in [2.24, 2.45) is 11.8 Å². The van der Waals surface area contributed by atoms with E-state index in [4.69, 9.17) is 23.7 Å². The van der Waals surface area contributed by atoms with Crippen molar-refractivity contribution in [3.63, 3.8) is 0 Å². The predicted molar refractivity (Wildman–Crippen MR) is 154 cm³/mol. The molecule has 2 aliphatic heterocycles. The maximum absolute atomic E-state index is 13.2. The van der Waals surface area contributed by atoms with Crippen LogP contribution in [0.15, 0.2) is 24.3 Å². The van der Waals surface area contributed by atoms with Crippen molar-refractivity contribution in [2.75, 3.05) is 54.7 Å². The van der Waals surface area contributed by atoms with E-state index < -0.39 is 0 Å². The highest BCUT2D eigenvalue weighted by Crippen LogP contribution is 2.56. The first kappa shape index (κ1) is 28.6. The number of carbonyl (C=O) groups excluding carboxylic acids is 1. The number of methoxy groups -OCH3 is 4. The summed E-state index contributed by atoms with van der Waals surface area (Å²) in [7, 11) is 6.76. The van der Waals surface area contributed by atoms with Gasteiger partial charge in [-0.2, -0.15) is 0 Å². The smallest absolute Gasteiger partial charge is 0.308 e. The van der Waals surface area contributed by atoms with Gasteiger partial charge in [-0.15, -0.1) is 0 Å². The van der Waals surface area contributed by atoms with E-state index in [1.165, 1.54) is 22.3 Å². The fraction of sp³-hybridized carbons (Fsp3) is 0.594. The normalized spacial score (nSPS) is 26.0. The first-order chi connectivity index (χ1) is 19.4. The number of ether oxygens (including phenoxy) is 5. The van der Waals surface area contributed by atoms with E-state index in [9.17, 15) is 4.79 Å². The molecule has 1 fully saturated rings. The van der Waals surface area contributed by atoms with Gasteiger partial charge in [-0.05, 0) is 92.1 Å². The van der Waals surface area contributed by atoms with Crippen molar-refractivity contribution >= 4 is 5.97 Å². The Morgan fingerprint density at radius 1 is 0.925 bits per heavy atom. The highest BCUT2D eigenvalue weighted by atomic mass is 16.5. The number of carbonyl (C=O) groups is 1. The molecule has 8 nitrogen and oxygen atoms in total. The SMILES string of the molecule is CCOC(=O)C1CCC2(NCCc3cc(OC)c(OC)cc32)C(C2c3cc(OC)c(OC)cc3CCN2CC)C1. The zero-order valence-corrected chi connectivity index (χ0v) is 24.8. The monoisotopic (exact) mass is 552 g/mol. The molecule has 1 saturated carbocycles. The van der Waals surface area contributed by atoms with Gasteiger partial charge in [0, 0.05) is 30.6 Å². The molecule has 218 valence electrons. The summed E-state index contributed by atoms with van der Waals surface area (Å²) >= 11 is 0. The summed E-state index contributed by atoms with van der Waals surface area (Å²) in [6.45, 7) is 7.22. The van der Waals surface area contributed by atoms with Crippen molar-refractivity contribution in [3.05, 3.63) is 46.5 Å².